The van der Waals surface area contributed by atoms with Crippen molar-refractivity contribution >= 4 is 5.78 Å². The molecule has 0 saturated heterocycles. The third kappa shape index (κ3) is 2.71. The van der Waals surface area contributed by atoms with Gasteiger partial charge in [0.1, 0.15) is 0 Å². The van der Waals surface area contributed by atoms with E-state index in [1.807, 2.05) is 0 Å². The fraction of sp³-hybridized carbons (Fsp3) is 0.786. The fourth-order valence-electron chi connectivity index (χ4n) is 3.00. The van der Waals surface area contributed by atoms with Crippen LogP contribution in [0, 0.1) is 5.41 Å². The van der Waals surface area contributed by atoms with E-state index in [2.05, 4.69) is 0 Å². The Morgan fingerprint density at radius 2 is 1.94 bits per heavy atom. The van der Waals surface area contributed by atoms with Crippen molar-refractivity contribution in [3.8, 4) is 0 Å². The maximum atomic E-state index is 12.6. The van der Waals surface area contributed by atoms with Crippen molar-refractivity contribution in [2.75, 3.05) is 13.2 Å². The van der Waals surface area contributed by atoms with E-state index in [1.165, 1.54) is 12.8 Å². The molecule has 96 valence electrons. The molecule has 3 heteroatoms. The number of ether oxygens (including phenoxy) is 1. The van der Waals surface area contributed by atoms with Crippen LogP contribution in [0.4, 0.5) is 0 Å². The summed E-state index contributed by atoms with van der Waals surface area (Å²) in [6.45, 7) is 1.23. The molecule has 0 bridgehead atoms. The molecule has 3 nitrogen and oxygen atoms in total. The zero-order valence-electron chi connectivity index (χ0n) is 10.5. The SMILES string of the molecule is NCC1(C(=O)C2=COCCC2)CCCCCC1. The quantitative estimate of drug-likeness (QED) is 0.767. The number of hydrogen-bond acceptors (Lipinski definition) is 3. The van der Waals surface area contributed by atoms with Crippen LogP contribution in [-0.2, 0) is 9.53 Å². The second-order valence-electron chi connectivity index (χ2n) is 5.35. The van der Waals surface area contributed by atoms with Gasteiger partial charge in [-0.1, -0.05) is 25.7 Å². The predicted octanol–water partition coefficient (Wildman–Crippen LogP) is 2.55. The van der Waals surface area contributed by atoms with Crippen molar-refractivity contribution in [2.45, 2.75) is 51.4 Å². The highest BCUT2D eigenvalue weighted by atomic mass is 16.5. The van der Waals surface area contributed by atoms with Crippen LogP contribution >= 0.6 is 0 Å². The van der Waals surface area contributed by atoms with Crippen LogP contribution < -0.4 is 5.73 Å². The van der Waals surface area contributed by atoms with Gasteiger partial charge in [-0.3, -0.25) is 4.79 Å². The maximum Gasteiger partial charge on any atom is 0.169 e. The molecule has 2 aliphatic rings. The molecule has 0 aromatic carbocycles. The molecule has 1 fully saturated rings. The second kappa shape index (κ2) is 5.67. The first-order valence-corrected chi connectivity index (χ1v) is 6.84. The summed E-state index contributed by atoms with van der Waals surface area (Å²) in [5, 5.41) is 0. The topological polar surface area (TPSA) is 52.3 Å². The van der Waals surface area contributed by atoms with Crippen molar-refractivity contribution in [3.63, 3.8) is 0 Å². The van der Waals surface area contributed by atoms with Crippen molar-refractivity contribution in [3.05, 3.63) is 11.8 Å². The number of hydrogen-bond donors (Lipinski definition) is 1. The molecule has 1 aliphatic heterocycles. The standard InChI is InChI=1S/C14H23NO2/c15-11-14(7-3-1-2-4-8-14)13(16)12-6-5-9-17-10-12/h10H,1-9,11,15H2. The van der Waals surface area contributed by atoms with Crippen molar-refractivity contribution in [1.82, 2.24) is 0 Å². The molecule has 0 aromatic rings. The lowest BCUT2D eigenvalue weighted by Gasteiger charge is -2.31. The smallest absolute Gasteiger partial charge is 0.169 e. The molecule has 1 saturated carbocycles. The fourth-order valence-corrected chi connectivity index (χ4v) is 3.00. The third-order valence-electron chi connectivity index (χ3n) is 4.16. The Morgan fingerprint density at radius 3 is 2.47 bits per heavy atom. The minimum atomic E-state index is -0.289. The van der Waals surface area contributed by atoms with E-state index in [1.54, 1.807) is 6.26 Å². The van der Waals surface area contributed by atoms with Gasteiger partial charge in [-0.25, -0.2) is 0 Å². The Bertz CT molecular complexity index is 301. The number of carbonyl (C=O) groups excluding carboxylic acids is 1. The molecule has 2 N–H and O–H groups in total. The van der Waals surface area contributed by atoms with E-state index >= 15 is 0 Å². The van der Waals surface area contributed by atoms with E-state index in [-0.39, 0.29) is 11.2 Å². The molecule has 0 amide bonds. The summed E-state index contributed by atoms with van der Waals surface area (Å²) in [6, 6.07) is 0. The summed E-state index contributed by atoms with van der Waals surface area (Å²) < 4.78 is 5.29. The monoisotopic (exact) mass is 237 g/mol. The molecule has 0 unspecified atom stereocenters. The minimum Gasteiger partial charge on any atom is -0.501 e. The van der Waals surface area contributed by atoms with Gasteiger partial charge in [0.15, 0.2) is 5.78 Å². The zero-order chi connectivity index (χ0) is 12.1. The highest BCUT2D eigenvalue weighted by Crippen LogP contribution is 2.38. The molecule has 2 rings (SSSR count). The summed E-state index contributed by atoms with van der Waals surface area (Å²) >= 11 is 0. The predicted molar refractivity (Wildman–Crippen MR) is 67.5 cm³/mol. The first-order valence-electron chi connectivity index (χ1n) is 6.84. The van der Waals surface area contributed by atoms with Crippen LogP contribution in [0.2, 0.25) is 0 Å². The molecular formula is C14H23NO2. The number of ketones is 1. The Balaban J connectivity index is 2.15. The number of nitrogens with two attached hydrogens (primary N) is 1. The van der Waals surface area contributed by atoms with Crippen molar-refractivity contribution in [1.29, 1.82) is 0 Å². The van der Waals surface area contributed by atoms with Gasteiger partial charge < -0.3 is 10.5 Å². The van der Waals surface area contributed by atoms with Gasteiger partial charge in [0.25, 0.3) is 0 Å². The van der Waals surface area contributed by atoms with Crippen LogP contribution in [0.1, 0.15) is 51.4 Å². The van der Waals surface area contributed by atoms with E-state index in [0.717, 1.165) is 50.7 Å². The van der Waals surface area contributed by atoms with E-state index in [9.17, 15) is 4.79 Å². The van der Waals surface area contributed by atoms with Crippen LogP contribution in [0.3, 0.4) is 0 Å². The summed E-state index contributed by atoms with van der Waals surface area (Å²) in [5.41, 5.74) is 6.50. The normalized spacial score (nSPS) is 24.4. The van der Waals surface area contributed by atoms with Gasteiger partial charge in [-0.15, -0.1) is 0 Å². The van der Waals surface area contributed by atoms with Gasteiger partial charge in [-0.2, -0.15) is 0 Å². The Hall–Kier alpha value is -0.830. The molecule has 1 aliphatic carbocycles. The summed E-state index contributed by atoms with van der Waals surface area (Å²) in [7, 11) is 0. The highest BCUT2D eigenvalue weighted by Gasteiger charge is 2.38. The second-order valence-corrected chi connectivity index (χ2v) is 5.35. The van der Waals surface area contributed by atoms with Crippen LogP contribution in [0.25, 0.3) is 0 Å². The van der Waals surface area contributed by atoms with Crippen molar-refractivity contribution < 1.29 is 9.53 Å². The van der Waals surface area contributed by atoms with Gasteiger partial charge in [0.2, 0.25) is 0 Å². The van der Waals surface area contributed by atoms with E-state index in [4.69, 9.17) is 10.5 Å². The number of Topliss-reactive ketones (excluding diaryl/α,β-unsaturated/α-hetero) is 1. The Morgan fingerprint density at radius 1 is 1.24 bits per heavy atom. The van der Waals surface area contributed by atoms with Gasteiger partial charge >= 0.3 is 0 Å². The molecule has 0 aromatic heterocycles. The molecule has 0 spiro atoms. The van der Waals surface area contributed by atoms with Crippen LogP contribution in [-0.4, -0.2) is 18.9 Å². The summed E-state index contributed by atoms with van der Waals surface area (Å²) in [4.78, 5) is 12.6. The number of carbonyl (C=O) groups is 1. The minimum absolute atomic E-state index is 0.265. The van der Waals surface area contributed by atoms with Crippen LogP contribution in [0.15, 0.2) is 11.8 Å². The first-order chi connectivity index (χ1) is 8.28. The molecule has 17 heavy (non-hydrogen) atoms. The Labute approximate surface area is 103 Å². The van der Waals surface area contributed by atoms with Gasteiger partial charge in [-0.05, 0) is 25.7 Å². The molecule has 0 atom stereocenters. The first kappa shape index (κ1) is 12.6. The third-order valence-corrected chi connectivity index (χ3v) is 4.16. The van der Waals surface area contributed by atoms with Gasteiger partial charge in [0, 0.05) is 17.5 Å². The highest BCUT2D eigenvalue weighted by molar-refractivity contribution is 6.00. The Kier molecular flexibility index (Phi) is 4.21. The lowest BCUT2D eigenvalue weighted by atomic mass is 9.73. The summed E-state index contributed by atoms with van der Waals surface area (Å²) in [6.07, 6.45) is 10.2. The van der Waals surface area contributed by atoms with E-state index in [0.29, 0.717) is 6.54 Å². The summed E-state index contributed by atoms with van der Waals surface area (Å²) in [5.74, 6) is 0.265. The lowest BCUT2D eigenvalue weighted by Crippen LogP contribution is -2.39. The lowest BCUT2D eigenvalue weighted by molar-refractivity contribution is -0.125. The maximum absolute atomic E-state index is 12.6. The van der Waals surface area contributed by atoms with Crippen molar-refractivity contribution in [2.24, 2.45) is 11.1 Å². The van der Waals surface area contributed by atoms with E-state index < -0.39 is 0 Å². The largest absolute Gasteiger partial charge is 0.501 e. The van der Waals surface area contributed by atoms with Crippen LogP contribution in [0.5, 0.6) is 0 Å². The number of allylic oxidation sites excluding steroid dienone is 1. The molecule has 1 heterocycles. The van der Waals surface area contributed by atoms with Gasteiger partial charge in [0.05, 0.1) is 12.9 Å². The molecule has 0 radical (unpaired) electrons. The zero-order valence-corrected chi connectivity index (χ0v) is 10.5. The average Bonchev–Trinajstić information content (AvgIpc) is 2.65. The number of rotatable bonds is 3. The molecular weight excluding hydrogens is 214 g/mol. The average molecular weight is 237 g/mol.